The lowest BCUT2D eigenvalue weighted by molar-refractivity contribution is 0.0937. The molecule has 1 N–H and O–H groups in total. The molecule has 1 atom stereocenters. The Morgan fingerprint density at radius 2 is 1.81 bits per heavy atom. The standard InChI is InChI=1S/C17H19Br2NO/c1-11(2)7-16(10-18)20-17(21)14-4-3-13-9-15(19)6-5-12(13)8-14/h3-6,8-9,11,16H,7,10H2,1-2H3,(H,20,21). The van der Waals surface area contributed by atoms with E-state index in [1.807, 2.05) is 30.3 Å². The number of amides is 1. The number of nitrogens with one attached hydrogen (secondary N) is 1. The van der Waals surface area contributed by atoms with Crippen LogP contribution in [0.15, 0.2) is 40.9 Å². The van der Waals surface area contributed by atoms with Crippen molar-refractivity contribution in [2.45, 2.75) is 26.3 Å². The van der Waals surface area contributed by atoms with Crippen LogP contribution in [-0.2, 0) is 0 Å². The van der Waals surface area contributed by atoms with Crippen LogP contribution in [-0.4, -0.2) is 17.3 Å². The van der Waals surface area contributed by atoms with Crippen LogP contribution in [0.25, 0.3) is 10.8 Å². The molecule has 0 aliphatic heterocycles. The van der Waals surface area contributed by atoms with Crippen LogP contribution in [0.4, 0.5) is 0 Å². The molecular formula is C17H19Br2NO. The maximum atomic E-state index is 12.4. The maximum absolute atomic E-state index is 12.4. The fourth-order valence-electron chi connectivity index (χ4n) is 2.36. The summed E-state index contributed by atoms with van der Waals surface area (Å²) in [7, 11) is 0. The molecule has 4 heteroatoms. The molecule has 0 aliphatic carbocycles. The Morgan fingerprint density at radius 1 is 1.14 bits per heavy atom. The van der Waals surface area contributed by atoms with Gasteiger partial charge in [0.25, 0.3) is 5.91 Å². The van der Waals surface area contributed by atoms with Crippen LogP contribution in [0.2, 0.25) is 0 Å². The number of carbonyl (C=O) groups is 1. The Kier molecular flexibility index (Phi) is 5.82. The highest BCUT2D eigenvalue weighted by atomic mass is 79.9. The average Bonchev–Trinajstić information content (AvgIpc) is 2.45. The molecule has 0 aromatic heterocycles. The number of carbonyl (C=O) groups excluding carboxylic acids is 1. The molecule has 1 amide bonds. The molecule has 2 rings (SSSR count). The SMILES string of the molecule is CC(C)CC(CBr)NC(=O)c1ccc2cc(Br)ccc2c1. The van der Waals surface area contributed by atoms with Crippen LogP contribution < -0.4 is 5.32 Å². The van der Waals surface area contributed by atoms with E-state index in [0.717, 1.165) is 27.0 Å². The van der Waals surface area contributed by atoms with Crippen LogP contribution >= 0.6 is 31.9 Å². The third kappa shape index (κ3) is 4.55. The zero-order chi connectivity index (χ0) is 15.4. The molecule has 112 valence electrons. The highest BCUT2D eigenvalue weighted by molar-refractivity contribution is 9.10. The van der Waals surface area contributed by atoms with Crippen molar-refractivity contribution >= 4 is 48.5 Å². The Morgan fingerprint density at radius 3 is 2.48 bits per heavy atom. The average molecular weight is 413 g/mol. The van der Waals surface area contributed by atoms with Crippen molar-refractivity contribution in [2.75, 3.05) is 5.33 Å². The van der Waals surface area contributed by atoms with Gasteiger partial charge in [-0.2, -0.15) is 0 Å². The van der Waals surface area contributed by atoms with Gasteiger partial charge in [-0.15, -0.1) is 0 Å². The summed E-state index contributed by atoms with van der Waals surface area (Å²) < 4.78 is 1.04. The summed E-state index contributed by atoms with van der Waals surface area (Å²) in [5.74, 6) is 0.548. The zero-order valence-corrected chi connectivity index (χ0v) is 15.4. The minimum absolute atomic E-state index is 0.00933. The van der Waals surface area contributed by atoms with Gasteiger partial charge in [-0.25, -0.2) is 0 Å². The lowest BCUT2D eigenvalue weighted by atomic mass is 10.0. The molecule has 1 unspecified atom stereocenters. The predicted molar refractivity (Wildman–Crippen MR) is 96.2 cm³/mol. The molecule has 2 aromatic rings. The molecule has 0 bridgehead atoms. The van der Waals surface area contributed by atoms with Crippen molar-refractivity contribution in [3.63, 3.8) is 0 Å². The van der Waals surface area contributed by atoms with Crippen molar-refractivity contribution in [3.8, 4) is 0 Å². The van der Waals surface area contributed by atoms with E-state index >= 15 is 0 Å². The van der Waals surface area contributed by atoms with Gasteiger partial charge in [0.15, 0.2) is 0 Å². The molecule has 0 aliphatic rings. The molecular weight excluding hydrogens is 394 g/mol. The van der Waals surface area contributed by atoms with Gasteiger partial charge in [-0.3, -0.25) is 4.79 Å². The van der Waals surface area contributed by atoms with E-state index in [9.17, 15) is 4.79 Å². The molecule has 21 heavy (non-hydrogen) atoms. The summed E-state index contributed by atoms with van der Waals surface area (Å²) in [5.41, 5.74) is 0.708. The first kappa shape index (κ1) is 16.5. The normalized spacial score (nSPS) is 12.6. The Bertz CT molecular complexity index is 640. The summed E-state index contributed by atoms with van der Waals surface area (Å²) in [6.45, 7) is 4.32. The van der Waals surface area contributed by atoms with Crippen LogP contribution in [0, 0.1) is 5.92 Å². The topological polar surface area (TPSA) is 29.1 Å². The van der Waals surface area contributed by atoms with Crippen LogP contribution in [0.1, 0.15) is 30.6 Å². The summed E-state index contributed by atoms with van der Waals surface area (Å²) >= 11 is 6.93. The minimum Gasteiger partial charge on any atom is -0.348 e. The fraction of sp³-hybridized carbons (Fsp3) is 0.353. The molecule has 0 saturated carbocycles. The quantitative estimate of drug-likeness (QED) is 0.676. The van der Waals surface area contributed by atoms with Crippen molar-refractivity contribution in [1.29, 1.82) is 0 Å². The third-order valence-electron chi connectivity index (χ3n) is 3.34. The second-order valence-corrected chi connectivity index (χ2v) is 7.22. The molecule has 2 aromatic carbocycles. The van der Waals surface area contributed by atoms with Crippen LogP contribution in [0.3, 0.4) is 0 Å². The first-order valence-electron chi connectivity index (χ1n) is 7.05. The first-order valence-corrected chi connectivity index (χ1v) is 8.97. The number of alkyl halides is 1. The monoisotopic (exact) mass is 411 g/mol. The van der Waals surface area contributed by atoms with Gasteiger partial charge in [0.05, 0.1) is 0 Å². The van der Waals surface area contributed by atoms with Gasteiger partial charge >= 0.3 is 0 Å². The zero-order valence-electron chi connectivity index (χ0n) is 12.2. The third-order valence-corrected chi connectivity index (χ3v) is 4.62. The number of benzene rings is 2. The highest BCUT2D eigenvalue weighted by Gasteiger charge is 2.14. The van der Waals surface area contributed by atoms with E-state index < -0.39 is 0 Å². The molecule has 0 heterocycles. The van der Waals surface area contributed by atoms with Crippen molar-refractivity contribution in [2.24, 2.45) is 5.92 Å². The number of fused-ring (bicyclic) bond motifs is 1. The minimum atomic E-state index is -0.00933. The predicted octanol–water partition coefficient (Wildman–Crippen LogP) is 5.14. The molecule has 0 radical (unpaired) electrons. The van der Waals surface area contributed by atoms with Gasteiger partial charge < -0.3 is 5.32 Å². The van der Waals surface area contributed by atoms with Gasteiger partial charge in [0, 0.05) is 21.4 Å². The molecule has 0 spiro atoms. The highest BCUT2D eigenvalue weighted by Crippen LogP contribution is 2.21. The first-order chi connectivity index (χ1) is 9.99. The van der Waals surface area contributed by atoms with Crippen LogP contribution in [0.5, 0.6) is 0 Å². The van der Waals surface area contributed by atoms with Crippen molar-refractivity contribution < 1.29 is 4.79 Å². The lowest BCUT2D eigenvalue weighted by Gasteiger charge is -2.18. The van der Waals surface area contributed by atoms with Crippen molar-refractivity contribution in [3.05, 3.63) is 46.4 Å². The van der Waals surface area contributed by atoms with Gasteiger partial charge in [0.2, 0.25) is 0 Å². The molecule has 2 nitrogen and oxygen atoms in total. The summed E-state index contributed by atoms with van der Waals surface area (Å²) in [5, 5.41) is 6.07. The molecule has 0 fully saturated rings. The van der Waals surface area contributed by atoms with Crippen molar-refractivity contribution in [1.82, 2.24) is 5.32 Å². The van der Waals surface area contributed by atoms with E-state index in [1.54, 1.807) is 0 Å². The van der Waals surface area contributed by atoms with E-state index in [-0.39, 0.29) is 11.9 Å². The van der Waals surface area contributed by atoms with E-state index in [2.05, 4.69) is 57.1 Å². The maximum Gasteiger partial charge on any atom is 0.251 e. The van der Waals surface area contributed by atoms with Gasteiger partial charge in [-0.1, -0.05) is 57.8 Å². The van der Waals surface area contributed by atoms with E-state index in [4.69, 9.17) is 0 Å². The second kappa shape index (κ2) is 7.41. The number of halogens is 2. The Hall–Kier alpha value is -0.870. The Labute approximate surface area is 142 Å². The lowest BCUT2D eigenvalue weighted by Crippen LogP contribution is -2.37. The fourth-order valence-corrected chi connectivity index (χ4v) is 3.16. The largest absolute Gasteiger partial charge is 0.348 e. The summed E-state index contributed by atoms with van der Waals surface area (Å²) in [6, 6.07) is 12.0. The Balaban J connectivity index is 2.17. The van der Waals surface area contributed by atoms with E-state index in [1.165, 1.54) is 0 Å². The van der Waals surface area contributed by atoms with Gasteiger partial charge in [0.1, 0.15) is 0 Å². The number of hydrogen-bond donors (Lipinski definition) is 1. The van der Waals surface area contributed by atoms with Gasteiger partial charge in [-0.05, 0) is 47.4 Å². The second-order valence-electron chi connectivity index (χ2n) is 5.66. The van der Waals surface area contributed by atoms with E-state index in [0.29, 0.717) is 11.5 Å². The number of hydrogen-bond acceptors (Lipinski definition) is 1. The number of rotatable bonds is 5. The molecule has 0 saturated heterocycles. The smallest absolute Gasteiger partial charge is 0.251 e. The summed E-state index contributed by atoms with van der Waals surface area (Å²) in [4.78, 5) is 12.4. The summed E-state index contributed by atoms with van der Waals surface area (Å²) in [6.07, 6.45) is 0.970.